The van der Waals surface area contributed by atoms with Crippen LogP contribution in [0.5, 0.6) is 5.75 Å². The van der Waals surface area contributed by atoms with Crippen molar-refractivity contribution in [2.75, 3.05) is 6.54 Å². The van der Waals surface area contributed by atoms with E-state index >= 15 is 0 Å². The molecule has 3 N–H and O–H groups in total. The highest BCUT2D eigenvalue weighted by molar-refractivity contribution is 5.97. The minimum Gasteiger partial charge on any atom is -0.423 e. The Morgan fingerprint density at radius 1 is 1.12 bits per heavy atom. The summed E-state index contributed by atoms with van der Waals surface area (Å²) in [6, 6.07) is 11.6. The molecule has 0 saturated carbocycles. The Labute approximate surface area is 149 Å². The molecular weight excluding hydrogens is 339 g/mol. The topological polar surface area (TPSA) is 98.5 Å². The number of nitrogens with one attached hydrogen (secondary N) is 1. The quantitative estimate of drug-likeness (QED) is 0.470. The molecule has 0 aliphatic carbocycles. The fourth-order valence-corrected chi connectivity index (χ4v) is 2.09. The van der Waals surface area contributed by atoms with Gasteiger partial charge in [0, 0.05) is 11.6 Å². The van der Waals surface area contributed by atoms with E-state index in [2.05, 4.69) is 5.32 Å². The third-order valence-corrected chi connectivity index (χ3v) is 3.37. The summed E-state index contributed by atoms with van der Waals surface area (Å²) in [7, 11) is 0. The van der Waals surface area contributed by atoms with Crippen molar-refractivity contribution in [3.8, 4) is 5.75 Å². The lowest BCUT2D eigenvalue weighted by Crippen LogP contribution is -2.33. The third kappa shape index (κ3) is 5.55. The highest BCUT2D eigenvalue weighted by Gasteiger charge is 2.09. The van der Waals surface area contributed by atoms with Crippen LogP contribution in [-0.2, 0) is 9.59 Å². The second kappa shape index (κ2) is 8.57. The van der Waals surface area contributed by atoms with Gasteiger partial charge in [0.2, 0.25) is 5.91 Å². The van der Waals surface area contributed by atoms with E-state index in [9.17, 15) is 18.8 Å². The van der Waals surface area contributed by atoms with Crippen LogP contribution in [0, 0.1) is 5.82 Å². The minimum absolute atomic E-state index is 0.171. The Bertz CT molecular complexity index is 860. The van der Waals surface area contributed by atoms with E-state index in [4.69, 9.17) is 10.5 Å². The number of allylic oxidation sites excluding steroid dienone is 1. The van der Waals surface area contributed by atoms with Gasteiger partial charge in [-0.25, -0.2) is 9.18 Å². The Hall–Kier alpha value is -3.48. The Morgan fingerprint density at radius 3 is 2.46 bits per heavy atom. The van der Waals surface area contributed by atoms with Gasteiger partial charge in [0.1, 0.15) is 11.6 Å². The fourth-order valence-electron chi connectivity index (χ4n) is 2.09. The summed E-state index contributed by atoms with van der Waals surface area (Å²) >= 11 is 0. The van der Waals surface area contributed by atoms with Crippen molar-refractivity contribution in [2.45, 2.75) is 6.92 Å². The molecule has 2 aromatic rings. The number of rotatable bonds is 6. The molecule has 7 heteroatoms. The summed E-state index contributed by atoms with van der Waals surface area (Å²) in [6.07, 6.45) is 1.27. The van der Waals surface area contributed by atoms with Gasteiger partial charge >= 0.3 is 5.97 Å². The molecule has 0 fully saturated rings. The second-order valence-corrected chi connectivity index (χ2v) is 5.43. The van der Waals surface area contributed by atoms with Gasteiger partial charge in [-0.05, 0) is 48.4 Å². The summed E-state index contributed by atoms with van der Waals surface area (Å²) in [6.45, 7) is 1.41. The van der Waals surface area contributed by atoms with Crippen molar-refractivity contribution in [3.63, 3.8) is 0 Å². The van der Waals surface area contributed by atoms with Crippen molar-refractivity contribution >= 4 is 23.4 Å². The number of hydrogen-bond acceptors (Lipinski definition) is 4. The van der Waals surface area contributed by atoms with Gasteiger partial charge < -0.3 is 15.8 Å². The predicted molar refractivity (Wildman–Crippen MR) is 93.7 cm³/mol. The maximum atomic E-state index is 12.9. The normalized spacial score (nSPS) is 10.9. The zero-order chi connectivity index (χ0) is 19.1. The summed E-state index contributed by atoms with van der Waals surface area (Å²) in [5, 5.41) is 2.34. The molecule has 0 bridgehead atoms. The summed E-state index contributed by atoms with van der Waals surface area (Å²) in [4.78, 5) is 34.6. The van der Waals surface area contributed by atoms with E-state index in [-0.39, 0.29) is 23.7 Å². The van der Waals surface area contributed by atoms with E-state index < -0.39 is 17.8 Å². The second-order valence-electron chi connectivity index (χ2n) is 5.43. The van der Waals surface area contributed by atoms with Gasteiger partial charge in [0.25, 0.3) is 5.91 Å². The molecule has 0 atom stereocenters. The van der Waals surface area contributed by atoms with Crippen molar-refractivity contribution < 1.29 is 23.5 Å². The molecule has 0 aliphatic heterocycles. The largest absolute Gasteiger partial charge is 0.423 e. The zero-order valence-corrected chi connectivity index (χ0v) is 14.0. The monoisotopic (exact) mass is 356 g/mol. The number of amides is 2. The van der Waals surface area contributed by atoms with Gasteiger partial charge in [-0.15, -0.1) is 0 Å². The number of nitrogens with two attached hydrogens (primary N) is 1. The minimum atomic E-state index is -0.665. The third-order valence-electron chi connectivity index (χ3n) is 3.37. The van der Waals surface area contributed by atoms with Gasteiger partial charge in [-0.3, -0.25) is 9.59 Å². The van der Waals surface area contributed by atoms with Crippen LogP contribution in [0.25, 0.3) is 5.57 Å². The van der Waals surface area contributed by atoms with Gasteiger partial charge in [0.15, 0.2) is 0 Å². The maximum absolute atomic E-state index is 12.9. The van der Waals surface area contributed by atoms with Crippen LogP contribution in [-0.4, -0.2) is 24.3 Å². The molecule has 134 valence electrons. The molecule has 0 aliphatic rings. The van der Waals surface area contributed by atoms with E-state index in [0.29, 0.717) is 11.1 Å². The highest BCUT2D eigenvalue weighted by atomic mass is 19.1. The van der Waals surface area contributed by atoms with Crippen molar-refractivity contribution in [2.24, 2.45) is 5.73 Å². The van der Waals surface area contributed by atoms with Crippen LogP contribution in [0.1, 0.15) is 22.8 Å². The molecule has 0 radical (unpaired) electrons. The molecule has 2 aromatic carbocycles. The van der Waals surface area contributed by atoms with Crippen molar-refractivity contribution in [3.05, 3.63) is 71.6 Å². The van der Waals surface area contributed by atoms with E-state index in [0.717, 1.165) is 0 Å². The standard InChI is InChI=1S/C19H17FN2O4/c1-12(13-5-7-15(20)8-6-13)9-18(24)26-16-4-2-3-14(10-16)19(25)22-11-17(21)23/h2-10H,11H2,1H3,(H2,21,23)(H,22,25)/b12-9-. The van der Waals surface area contributed by atoms with Crippen LogP contribution in [0.3, 0.4) is 0 Å². The first kappa shape index (κ1) is 18.9. The van der Waals surface area contributed by atoms with Crippen molar-refractivity contribution in [1.29, 1.82) is 0 Å². The van der Waals surface area contributed by atoms with Crippen LogP contribution < -0.4 is 15.8 Å². The maximum Gasteiger partial charge on any atom is 0.336 e. The smallest absolute Gasteiger partial charge is 0.336 e. The molecule has 2 amide bonds. The molecule has 0 spiro atoms. The summed E-state index contributed by atoms with van der Waals surface area (Å²) in [5.41, 5.74) is 6.47. The van der Waals surface area contributed by atoms with Crippen molar-refractivity contribution in [1.82, 2.24) is 5.32 Å². The summed E-state index contributed by atoms with van der Waals surface area (Å²) < 4.78 is 18.1. The highest BCUT2D eigenvalue weighted by Crippen LogP contribution is 2.17. The summed E-state index contributed by atoms with van der Waals surface area (Å²) in [5.74, 6) is -2.01. The van der Waals surface area contributed by atoms with E-state index in [1.807, 2.05) is 0 Å². The SMILES string of the molecule is C/C(=C/C(=O)Oc1cccc(C(=O)NCC(N)=O)c1)c1ccc(F)cc1. The first-order chi connectivity index (χ1) is 12.3. The molecule has 6 nitrogen and oxygen atoms in total. The number of primary amides is 1. The number of carbonyl (C=O) groups is 3. The molecule has 26 heavy (non-hydrogen) atoms. The van der Waals surface area contributed by atoms with Gasteiger partial charge in [0.05, 0.1) is 6.54 Å². The molecular formula is C19H17FN2O4. The number of ether oxygens (including phenoxy) is 1. The lowest BCUT2D eigenvalue weighted by Gasteiger charge is -2.06. The Balaban J connectivity index is 2.05. The Morgan fingerprint density at radius 2 is 1.81 bits per heavy atom. The average molecular weight is 356 g/mol. The molecule has 0 heterocycles. The van der Waals surface area contributed by atoms with Crippen LogP contribution >= 0.6 is 0 Å². The number of esters is 1. The van der Waals surface area contributed by atoms with Crippen LogP contribution in [0.4, 0.5) is 4.39 Å². The first-order valence-corrected chi connectivity index (χ1v) is 7.68. The lowest BCUT2D eigenvalue weighted by molar-refractivity contribution is -0.129. The van der Waals surface area contributed by atoms with Crippen LogP contribution in [0.2, 0.25) is 0 Å². The average Bonchev–Trinajstić information content (AvgIpc) is 2.60. The number of benzene rings is 2. The number of hydrogen-bond donors (Lipinski definition) is 2. The molecule has 0 unspecified atom stereocenters. The van der Waals surface area contributed by atoms with Gasteiger partial charge in [-0.1, -0.05) is 18.2 Å². The molecule has 2 rings (SSSR count). The Kier molecular flexibility index (Phi) is 6.21. The van der Waals surface area contributed by atoms with Gasteiger partial charge in [-0.2, -0.15) is 0 Å². The fraction of sp³-hybridized carbons (Fsp3) is 0.105. The number of halogens is 1. The number of carbonyl (C=O) groups excluding carboxylic acids is 3. The first-order valence-electron chi connectivity index (χ1n) is 7.68. The molecule has 0 aromatic heterocycles. The van der Waals surface area contributed by atoms with E-state index in [1.54, 1.807) is 25.1 Å². The van der Waals surface area contributed by atoms with Crippen LogP contribution in [0.15, 0.2) is 54.6 Å². The van der Waals surface area contributed by atoms with E-state index in [1.165, 1.54) is 36.4 Å². The molecule has 0 saturated heterocycles. The predicted octanol–water partition coefficient (Wildman–Crippen LogP) is 2.05. The zero-order valence-electron chi connectivity index (χ0n) is 14.0. The lowest BCUT2D eigenvalue weighted by atomic mass is 10.1.